The Hall–Kier alpha value is -3.29. The van der Waals surface area contributed by atoms with E-state index in [2.05, 4.69) is 20.4 Å². The van der Waals surface area contributed by atoms with Gasteiger partial charge in [0.1, 0.15) is 5.76 Å². The summed E-state index contributed by atoms with van der Waals surface area (Å²) in [6.45, 7) is 7.13. The minimum atomic E-state index is -0.502. The van der Waals surface area contributed by atoms with E-state index < -0.39 is 5.82 Å². The van der Waals surface area contributed by atoms with E-state index in [9.17, 15) is 9.18 Å². The molecule has 1 aromatic carbocycles. The summed E-state index contributed by atoms with van der Waals surface area (Å²) < 4.78 is 24.3. The van der Waals surface area contributed by atoms with Gasteiger partial charge in [-0.05, 0) is 46.2 Å². The first-order chi connectivity index (χ1) is 13.3. The Morgan fingerprint density at radius 1 is 1.11 bits per heavy atom. The molecule has 0 spiro atoms. The lowest BCUT2D eigenvalue weighted by atomic mass is 10.1. The highest BCUT2D eigenvalue weighted by atomic mass is 19.1. The minimum absolute atomic E-state index is 0.0221. The maximum Gasteiger partial charge on any atom is 0.322 e. The number of benzene rings is 1. The Labute approximate surface area is 161 Å². The first-order valence-electron chi connectivity index (χ1n) is 8.84. The lowest BCUT2D eigenvalue weighted by Crippen LogP contribution is -2.16. The number of nitrogens with zero attached hydrogens (tertiary/aromatic N) is 3. The number of ether oxygens (including phenoxy) is 1. The first-order valence-corrected chi connectivity index (χ1v) is 8.84. The van der Waals surface area contributed by atoms with E-state index in [1.165, 1.54) is 12.1 Å². The molecule has 2 aromatic heterocycles. The fourth-order valence-corrected chi connectivity index (χ4v) is 2.84. The van der Waals surface area contributed by atoms with Gasteiger partial charge in [-0.1, -0.05) is 17.3 Å². The normalized spacial score (nSPS) is 10.8. The summed E-state index contributed by atoms with van der Waals surface area (Å²) in [6, 6.07) is 6.04. The molecule has 0 saturated carbocycles. The van der Waals surface area contributed by atoms with Crippen LogP contribution in [-0.4, -0.2) is 21.0 Å². The topological polar surface area (TPSA) is 90.1 Å². The first kappa shape index (κ1) is 19.5. The standard InChI is InChI=1S/C20H21FN4O3/c1-11-15(14(4)28-25-11)9-10-18(26)24-19-12(2)22-20(23-13(19)3)27-17-8-6-5-7-16(17)21/h5-8H,9-10H2,1-4H3,(H,24,26). The van der Waals surface area contributed by atoms with Crippen LogP contribution >= 0.6 is 0 Å². The van der Waals surface area contributed by atoms with Crippen molar-refractivity contribution >= 4 is 11.6 Å². The van der Waals surface area contributed by atoms with Crippen LogP contribution in [0.25, 0.3) is 0 Å². The fraction of sp³-hybridized carbons (Fsp3) is 0.300. The van der Waals surface area contributed by atoms with Crippen molar-refractivity contribution in [2.24, 2.45) is 0 Å². The Balaban J connectivity index is 1.69. The number of nitrogens with one attached hydrogen (secondary N) is 1. The smallest absolute Gasteiger partial charge is 0.322 e. The zero-order valence-corrected chi connectivity index (χ0v) is 16.2. The van der Waals surface area contributed by atoms with Gasteiger partial charge in [-0.25, -0.2) is 4.39 Å². The van der Waals surface area contributed by atoms with Crippen LogP contribution in [0.1, 0.15) is 34.8 Å². The minimum Gasteiger partial charge on any atom is -0.421 e. The van der Waals surface area contributed by atoms with Gasteiger partial charge in [0.05, 0.1) is 22.8 Å². The lowest BCUT2D eigenvalue weighted by Gasteiger charge is -2.12. The molecule has 0 unspecified atom stereocenters. The third-order valence-corrected chi connectivity index (χ3v) is 4.34. The molecule has 0 aliphatic heterocycles. The zero-order chi connectivity index (χ0) is 20.3. The molecule has 0 saturated heterocycles. The molecular weight excluding hydrogens is 363 g/mol. The molecule has 3 aromatic rings. The van der Waals surface area contributed by atoms with Gasteiger partial charge in [0.25, 0.3) is 0 Å². The maximum absolute atomic E-state index is 13.7. The molecule has 1 amide bonds. The number of anilines is 1. The highest BCUT2D eigenvalue weighted by Gasteiger charge is 2.15. The summed E-state index contributed by atoms with van der Waals surface area (Å²) in [5.41, 5.74) is 3.31. The van der Waals surface area contributed by atoms with Crippen LogP contribution in [-0.2, 0) is 11.2 Å². The average Bonchev–Trinajstić information content (AvgIpc) is 2.96. The summed E-state index contributed by atoms with van der Waals surface area (Å²) in [5, 5.41) is 6.73. The van der Waals surface area contributed by atoms with Crippen molar-refractivity contribution in [1.82, 2.24) is 15.1 Å². The van der Waals surface area contributed by atoms with E-state index in [-0.39, 0.29) is 24.1 Å². The van der Waals surface area contributed by atoms with Crippen LogP contribution in [0, 0.1) is 33.5 Å². The molecule has 0 aliphatic carbocycles. The van der Waals surface area contributed by atoms with E-state index in [1.54, 1.807) is 26.0 Å². The second-order valence-corrected chi connectivity index (χ2v) is 6.44. The number of halogens is 1. The molecule has 28 heavy (non-hydrogen) atoms. The summed E-state index contributed by atoms with van der Waals surface area (Å²) in [5.74, 6) is 0.0869. The quantitative estimate of drug-likeness (QED) is 0.685. The molecular formula is C20H21FN4O3. The van der Waals surface area contributed by atoms with Crippen molar-refractivity contribution in [3.63, 3.8) is 0 Å². The van der Waals surface area contributed by atoms with Crippen LogP contribution in [0.4, 0.5) is 10.1 Å². The van der Waals surface area contributed by atoms with Crippen molar-refractivity contribution in [2.45, 2.75) is 40.5 Å². The predicted molar refractivity (Wildman–Crippen MR) is 101 cm³/mol. The average molecular weight is 384 g/mol. The highest BCUT2D eigenvalue weighted by Crippen LogP contribution is 2.25. The van der Waals surface area contributed by atoms with E-state index >= 15 is 0 Å². The van der Waals surface area contributed by atoms with Gasteiger partial charge >= 0.3 is 6.01 Å². The van der Waals surface area contributed by atoms with Crippen LogP contribution in [0.3, 0.4) is 0 Å². The van der Waals surface area contributed by atoms with Crippen molar-refractivity contribution in [1.29, 1.82) is 0 Å². The number of hydrogen-bond acceptors (Lipinski definition) is 6. The molecule has 7 nitrogen and oxygen atoms in total. The van der Waals surface area contributed by atoms with Gasteiger partial charge < -0.3 is 14.6 Å². The maximum atomic E-state index is 13.7. The summed E-state index contributed by atoms with van der Waals surface area (Å²) >= 11 is 0. The second kappa shape index (κ2) is 8.16. The fourth-order valence-electron chi connectivity index (χ4n) is 2.84. The van der Waals surface area contributed by atoms with Gasteiger partial charge in [-0.15, -0.1) is 0 Å². The number of rotatable bonds is 6. The Bertz CT molecular complexity index is 974. The molecule has 0 atom stereocenters. The van der Waals surface area contributed by atoms with Crippen LogP contribution in [0.2, 0.25) is 0 Å². The molecule has 0 aliphatic rings. The number of aryl methyl sites for hydroxylation is 4. The van der Waals surface area contributed by atoms with Crippen molar-refractivity contribution in [2.75, 3.05) is 5.32 Å². The molecule has 0 fully saturated rings. The van der Waals surface area contributed by atoms with Crippen molar-refractivity contribution in [3.8, 4) is 11.8 Å². The third-order valence-electron chi connectivity index (χ3n) is 4.34. The molecule has 0 bridgehead atoms. The largest absolute Gasteiger partial charge is 0.421 e. The summed E-state index contributed by atoms with van der Waals surface area (Å²) in [6.07, 6.45) is 0.801. The van der Waals surface area contributed by atoms with Gasteiger partial charge in [-0.3, -0.25) is 4.79 Å². The van der Waals surface area contributed by atoms with Gasteiger partial charge in [0.15, 0.2) is 11.6 Å². The number of aromatic nitrogens is 3. The molecule has 1 N–H and O–H groups in total. The predicted octanol–water partition coefficient (Wildman–Crippen LogP) is 4.20. The molecule has 3 rings (SSSR count). The van der Waals surface area contributed by atoms with Gasteiger partial charge in [-0.2, -0.15) is 9.97 Å². The Kier molecular flexibility index (Phi) is 5.67. The number of amides is 1. The Morgan fingerprint density at radius 2 is 1.79 bits per heavy atom. The van der Waals surface area contributed by atoms with Crippen LogP contribution in [0.15, 0.2) is 28.8 Å². The number of carbonyl (C=O) groups is 1. The number of carbonyl (C=O) groups excluding carboxylic acids is 1. The lowest BCUT2D eigenvalue weighted by molar-refractivity contribution is -0.116. The van der Waals surface area contributed by atoms with E-state index in [0.29, 0.717) is 23.5 Å². The highest BCUT2D eigenvalue weighted by molar-refractivity contribution is 5.92. The summed E-state index contributed by atoms with van der Waals surface area (Å²) in [7, 11) is 0. The third kappa shape index (κ3) is 4.33. The molecule has 146 valence electrons. The SMILES string of the molecule is Cc1noc(C)c1CCC(=O)Nc1c(C)nc(Oc2ccccc2F)nc1C. The Morgan fingerprint density at radius 3 is 2.39 bits per heavy atom. The van der Waals surface area contributed by atoms with Crippen molar-refractivity contribution in [3.05, 3.63) is 58.5 Å². The second-order valence-electron chi connectivity index (χ2n) is 6.44. The molecule has 8 heteroatoms. The van der Waals surface area contributed by atoms with Crippen molar-refractivity contribution < 1.29 is 18.4 Å². The number of hydrogen-bond donors (Lipinski definition) is 1. The zero-order valence-electron chi connectivity index (χ0n) is 16.2. The van der Waals surface area contributed by atoms with E-state index in [0.717, 1.165) is 17.0 Å². The van der Waals surface area contributed by atoms with Crippen LogP contribution < -0.4 is 10.1 Å². The molecule has 2 heterocycles. The number of para-hydroxylation sites is 1. The van der Waals surface area contributed by atoms with Gasteiger partial charge in [0, 0.05) is 12.0 Å². The van der Waals surface area contributed by atoms with E-state index in [1.807, 2.05) is 13.8 Å². The monoisotopic (exact) mass is 384 g/mol. The summed E-state index contributed by atoms with van der Waals surface area (Å²) in [4.78, 5) is 20.8. The van der Waals surface area contributed by atoms with Gasteiger partial charge in [0.2, 0.25) is 5.91 Å². The molecule has 0 radical (unpaired) electrons. The van der Waals surface area contributed by atoms with Crippen LogP contribution in [0.5, 0.6) is 11.8 Å². The van der Waals surface area contributed by atoms with E-state index in [4.69, 9.17) is 9.26 Å².